The molecule has 0 heterocycles. The summed E-state index contributed by atoms with van der Waals surface area (Å²) in [5.74, 6) is -3.60. The molecule has 0 radical (unpaired) electrons. The van der Waals surface area contributed by atoms with Crippen LogP contribution in [0.2, 0.25) is 0 Å². The molecule has 9 heteroatoms. The number of carboxylic acid groups (broad SMARTS) is 1. The molecule has 0 aromatic rings. The second kappa shape index (κ2) is 7.48. The van der Waals surface area contributed by atoms with Gasteiger partial charge in [0.25, 0.3) is 0 Å². The maximum Gasteiger partial charge on any atom is 1.00 e. The molecule has 0 saturated carbocycles. The average molecular weight is 274 g/mol. The summed E-state index contributed by atoms with van der Waals surface area (Å²) in [6.07, 6.45) is -13.8. The molecule has 17 heavy (non-hydrogen) atoms. The summed E-state index contributed by atoms with van der Waals surface area (Å²) in [7, 11) is 0. The molecule has 0 saturated heterocycles. The molecule has 0 atom stereocenters. The number of carboxylic acids is 1. The molecule has 0 unspecified atom stereocenters. The number of rotatable bonds is 5. The molecule has 0 aliphatic rings. The van der Waals surface area contributed by atoms with Crippen molar-refractivity contribution >= 4 is 5.97 Å². The number of hydrogen-bond acceptors (Lipinski definition) is 2. The molecule has 0 spiro atoms. The fourth-order valence-corrected chi connectivity index (χ4v) is 1.06. The normalized spacial score (nSPS) is 12.4. The second-order valence-corrected chi connectivity index (χ2v) is 3.32. The first kappa shape index (κ1) is 19.4. The van der Waals surface area contributed by atoms with E-state index in [9.17, 15) is 36.2 Å². The van der Waals surface area contributed by atoms with Crippen molar-refractivity contribution in [3.8, 4) is 0 Å². The summed E-state index contributed by atoms with van der Waals surface area (Å²) < 4.78 is 70.3. The molecule has 0 aliphatic carbocycles. The van der Waals surface area contributed by atoms with Crippen molar-refractivity contribution in [2.24, 2.45) is 5.92 Å². The van der Waals surface area contributed by atoms with E-state index in [-0.39, 0.29) is 29.6 Å². The Morgan fingerprint density at radius 2 is 1.24 bits per heavy atom. The largest absolute Gasteiger partial charge is 1.00 e. The molecule has 0 aliphatic heterocycles. The number of hydrogen-bond donors (Lipinski definition) is 0. The maximum atomic E-state index is 11.7. The number of alkyl halides is 6. The number of carbonyl (C=O) groups excluding carboxylic acids is 1. The maximum absolute atomic E-state index is 11.7. The quantitative estimate of drug-likeness (QED) is 0.478. The van der Waals surface area contributed by atoms with Gasteiger partial charge in [-0.1, -0.05) is 0 Å². The van der Waals surface area contributed by atoms with Crippen molar-refractivity contribution in [1.29, 1.82) is 0 Å². The van der Waals surface area contributed by atoms with Crippen LogP contribution in [0.4, 0.5) is 26.3 Å². The van der Waals surface area contributed by atoms with Gasteiger partial charge < -0.3 is 9.90 Å². The summed E-state index contributed by atoms with van der Waals surface area (Å²) in [6, 6.07) is 0. The van der Waals surface area contributed by atoms with E-state index in [1.165, 1.54) is 0 Å². The third kappa shape index (κ3) is 12.3. The average Bonchev–Trinajstić information content (AvgIpc) is 1.98. The Morgan fingerprint density at radius 3 is 1.41 bits per heavy atom. The number of carbonyl (C=O) groups is 1. The Hall–Kier alpha value is 0.0500. The van der Waals surface area contributed by atoms with Crippen LogP contribution in [0.25, 0.3) is 0 Å². The molecular formula is C8H9F6NaO2. The molecule has 0 aromatic heterocycles. The van der Waals surface area contributed by atoms with Crippen LogP contribution in [0.3, 0.4) is 0 Å². The van der Waals surface area contributed by atoms with Gasteiger partial charge >= 0.3 is 41.9 Å². The molecule has 0 amide bonds. The van der Waals surface area contributed by atoms with Gasteiger partial charge in [-0.15, -0.1) is 0 Å². The Labute approximate surface area is 116 Å². The van der Waals surface area contributed by atoms with Gasteiger partial charge in [0.2, 0.25) is 0 Å². The van der Waals surface area contributed by atoms with Crippen LogP contribution in [-0.4, -0.2) is 18.3 Å². The van der Waals surface area contributed by atoms with Gasteiger partial charge in [0, 0.05) is 18.8 Å². The smallest absolute Gasteiger partial charge is 0.550 e. The molecule has 0 fully saturated rings. The second-order valence-electron chi connectivity index (χ2n) is 3.32. The van der Waals surface area contributed by atoms with E-state index in [2.05, 4.69) is 0 Å². The van der Waals surface area contributed by atoms with E-state index in [0.717, 1.165) is 0 Å². The number of halogens is 6. The standard InChI is InChI=1S/C8H10F6O2.Na/c9-7(10,11)3-1-5(6(15)16)2-4-8(12,13)14;/h5H,1-4H2,(H,15,16);/q;+1/p-1. The van der Waals surface area contributed by atoms with E-state index < -0.39 is 49.9 Å². The van der Waals surface area contributed by atoms with Gasteiger partial charge in [-0.3, -0.25) is 0 Å². The molecule has 0 bridgehead atoms. The van der Waals surface area contributed by atoms with Crippen molar-refractivity contribution in [2.75, 3.05) is 0 Å². The topological polar surface area (TPSA) is 40.1 Å². The van der Waals surface area contributed by atoms with Crippen molar-refractivity contribution in [2.45, 2.75) is 38.0 Å². The monoisotopic (exact) mass is 274 g/mol. The van der Waals surface area contributed by atoms with E-state index >= 15 is 0 Å². The zero-order valence-corrected chi connectivity index (χ0v) is 11.0. The van der Waals surface area contributed by atoms with Crippen LogP contribution in [-0.2, 0) is 4.79 Å². The minimum absolute atomic E-state index is 0. The zero-order chi connectivity index (χ0) is 13.0. The van der Waals surface area contributed by atoms with Gasteiger partial charge in [0.15, 0.2) is 0 Å². The van der Waals surface area contributed by atoms with E-state index in [4.69, 9.17) is 0 Å². The van der Waals surface area contributed by atoms with Crippen molar-refractivity contribution < 1.29 is 65.8 Å². The first-order valence-corrected chi connectivity index (χ1v) is 4.35. The minimum Gasteiger partial charge on any atom is -0.550 e. The summed E-state index contributed by atoms with van der Waals surface area (Å²) in [5, 5.41) is 10.3. The zero-order valence-electron chi connectivity index (χ0n) is 8.99. The van der Waals surface area contributed by atoms with Gasteiger partial charge in [0.05, 0.1) is 0 Å². The molecule has 0 aromatic carbocycles. The van der Waals surface area contributed by atoms with Crippen LogP contribution in [0.1, 0.15) is 25.7 Å². The van der Waals surface area contributed by atoms with Crippen molar-refractivity contribution in [3.05, 3.63) is 0 Å². The predicted molar refractivity (Wildman–Crippen MR) is 39.1 cm³/mol. The summed E-state index contributed by atoms with van der Waals surface area (Å²) in [4.78, 5) is 10.3. The van der Waals surface area contributed by atoms with Crippen molar-refractivity contribution in [1.82, 2.24) is 0 Å². The van der Waals surface area contributed by atoms with Gasteiger partial charge in [-0.2, -0.15) is 26.3 Å². The van der Waals surface area contributed by atoms with Crippen LogP contribution >= 0.6 is 0 Å². The fraction of sp³-hybridized carbons (Fsp3) is 0.875. The third-order valence-electron chi connectivity index (χ3n) is 1.89. The molecule has 2 nitrogen and oxygen atoms in total. The summed E-state index contributed by atoms with van der Waals surface area (Å²) in [5.41, 5.74) is 0. The third-order valence-corrected chi connectivity index (χ3v) is 1.89. The Bertz CT molecular complexity index is 219. The van der Waals surface area contributed by atoms with E-state index in [1.807, 2.05) is 0 Å². The van der Waals surface area contributed by atoms with Crippen LogP contribution < -0.4 is 34.7 Å². The first-order valence-electron chi connectivity index (χ1n) is 4.35. The fourth-order valence-electron chi connectivity index (χ4n) is 1.06. The Kier molecular flexibility index (Phi) is 8.53. The summed E-state index contributed by atoms with van der Waals surface area (Å²) in [6.45, 7) is 0. The van der Waals surface area contributed by atoms with Crippen LogP contribution in [0.15, 0.2) is 0 Å². The molecule has 0 rings (SSSR count). The van der Waals surface area contributed by atoms with Crippen molar-refractivity contribution in [3.63, 3.8) is 0 Å². The Morgan fingerprint density at radius 1 is 0.941 bits per heavy atom. The molecule has 96 valence electrons. The minimum atomic E-state index is -4.58. The van der Waals surface area contributed by atoms with E-state index in [1.54, 1.807) is 0 Å². The Balaban J connectivity index is 0. The van der Waals surface area contributed by atoms with Crippen LogP contribution in [0.5, 0.6) is 0 Å². The molecular weight excluding hydrogens is 265 g/mol. The summed E-state index contributed by atoms with van der Waals surface area (Å²) >= 11 is 0. The van der Waals surface area contributed by atoms with Gasteiger partial charge in [0.1, 0.15) is 0 Å². The van der Waals surface area contributed by atoms with Crippen LogP contribution in [0, 0.1) is 5.92 Å². The van der Waals surface area contributed by atoms with Gasteiger partial charge in [-0.25, -0.2) is 0 Å². The van der Waals surface area contributed by atoms with Gasteiger partial charge in [-0.05, 0) is 18.8 Å². The first-order chi connectivity index (χ1) is 7.01. The number of aliphatic carboxylic acids is 1. The predicted octanol–water partition coefficient (Wildman–Crippen LogP) is -0.959. The SMILES string of the molecule is O=C([O-])C(CCC(F)(F)F)CCC(F)(F)F.[Na+]. The molecule has 0 N–H and O–H groups in total. The van der Waals surface area contributed by atoms with E-state index in [0.29, 0.717) is 0 Å².